The molecule has 1 aliphatic carbocycles. The average Bonchev–Trinajstić information content (AvgIpc) is 2.44. The molecular formula is C7H8. The summed E-state index contributed by atoms with van der Waals surface area (Å²) in [7, 11) is 0. The van der Waals surface area contributed by atoms with E-state index in [2.05, 4.69) is 18.9 Å². The Morgan fingerprint density at radius 1 is 2.00 bits per heavy atom. The van der Waals surface area contributed by atoms with Crippen LogP contribution in [0, 0.1) is 18.3 Å². The number of allylic oxidation sites excluding steroid dienone is 2. The standard InChI is InChI=1S/C7H8/c1-3-6(2)7-4-5-7/h1,4,6H,5H2,2H3. The van der Waals surface area contributed by atoms with Crippen LogP contribution in [0.3, 0.4) is 0 Å². The zero-order valence-electron chi connectivity index (χ0n) is 4.44. The molecule has 0 aromatic carbocycles. The average molecular weight is 92.1 g/mol. The molecule has 7 heavy (non-hydrogen) atoms. The lowest BCUT2D eigenvalue weighted by molar-refractivity contribution is 0.932. The van der Waals surface area contributed by atoms with Gasteiger partial charge in [-0.05, 0) is 13.3 Å². The summed E-state index contributed by atoms with van der Waals surface area (Å²) in [4.78, 5) is 0. The summed E-state index contributed by atoms with van der Waals surface area (Å²) in [5.41, 5.74) is 1.43. The second-order valence-corrected chi connectivity index (χ2v) is 1.87. The van der Waals surface area contributed by atoms with Crippen molar-refractivity contribution in [3.05, 3.63) is 11.6 Å². The van der Waals surface area contributed by atoms with Crippen LogP contribution < -0.4 is 0 Å². The van der Waals surface area contributed by atoms with E-state index in [1.54, 1.807) is 0 Å². The molecular weight excluding hydrogens is 84.1 g/mol. The molecule has 1 aliphatic rings. The van der Waals surface area contributed by atoms with Crippen LogP contribution in [0.2, 0.25) is 0 Å². The van der Waals surface area contributed by atoms with Crippen molar-refractivity contribution in [2.75, 3.05) is 0 Å². The highest BCUT2D eigenvalue weighted by Crippen LogP contribution is 2.26. The van der Waals surface area contributed by atoms with Crippen molar-refractivity contribution >= 4 is 0 Å². The molecule has 0 nitrogen and oxygen atoms in total. The molecule has 0 saturated heterocycles. The molecule has 0 spiro atoms. The molecule has 36 valence electrons. The van der Waals surface area contributed by atoms with Crippen molar-refractivity contribution in [3.8, 4) is 12.3 Å². The second-order valence-electron chi connectivity index (χ2n) is 1.87. The highest BCUT2D eigenvalue weighted by atomic mass is 14.2. The smallest absolute Gasteiger partial charge is 0.0384 e. The van der Waals surface area contributed by atoms with Gasteiger partial charge in [-0.3, -0.25) is 0 Å². The molecule has 0 aliphatic heterocycles. The third kappa shape index (κ3) is 0.838. The first kappa shape index (κ1) is 4.46. The maximum Gasteiger partial charge on any atom is 0.0384 e. The first-order chi connectivity index (χ1) is 3.34. The van der Waals surface area contributed by atoms with Crippen molar-refractivity contribution in [2.24, 2.45) is 5.92 Å². The molecule has 0 bridgehead atoms. The molecule has 0 fully saturated rings. The van der Waals surface area contributed by atoms with Crippen LogP contribution >= 0.6 is 0 Å². The summed E-state index contributed by atoms with van der Waals surface area (Å²) >= 11 is 0. The van der Waals surface area contributed by atoms with E-state index in [1.807, 2.05) is 0 Å². The number of hydrogen-bond acceptors (Lipinski definition) is 0. The van der Waals surface area contributed by atoms with Crippen LogP contribution in [0.15, 0.2) is 11.6 Å². The third-order valence-electron chi connectivity index (χ3n) is 1.25. The first-order valence-corrected chi connectivity index (χ1v) is 2.49. The Hall–Kier alpha value is -0.700. The van der Waals surface area contributed by atoms with Crippen molar-refractivity contribution in [2.45, 2.75) is 13.3 Å². The van der Waals surface area contributed by atoms with E-state index in [-0.39, 0.29) is 0 Å². The van der Waals surface area contributed by atoms with E-state index >= 15 is 0 Å². The molecule has 0 heteroatoms. The predicted molar refractivity (Wildman–Crippen MR) is 30.7 cm³/mol. The van der Waals surface area contributed by atoms with Crippen LogP contribution in [0.5, 0.6) is 0 Å². The summed E-state index contributed by atoms with van der Waals surface area (Å²) < 4.78 is 0. The van der Waals surface area contributed by atoms with E-state index in [0.717, 1.165) is 6.42 Å². The Bertz CT molecular complexity index is 135. The van der Waals surface area contributed by atoms with E-state index in [1.165, 1.54) is 5.57 Å². The maximum atomic E-state index is 5.12. The Balaban J connectivity index is 2.42. The molecule has 1 atom stereocenters. The van der Waals surface area contributed by atoms with Crippen molar-refractivity contribution < 1.29 is 0 Å². The van der Waals surface area contributed by atoms with E-state index in [0.29, 0.717) is 5.92 Å². The van der Waals surface area contributed by atoms with E-state index in [9.17, 15) is 0 Å². The van der Waals surface area contributed by atoms with Gasteiger partial charge < -0.3 is 0 Å². The van der Waals surface area contributed by atoms with Gasteiger partial charge >= 0.3 is 0 Å². The molecule has 0 saturated carbocycles. The zero-order valence-corrected chi connectivity index (χ0v) is 4.44. The second kappa shape index (κ2) is 1.42. The molecule has 0 aromatic rings. The van der Waals surface area contributed by atoms with Gasteiger partial charge in [-0.2, -0.15) is 0 Å². The summed E-state index contributed by atoms with van der Waals surface area (Å²) in [5, 5.41) is 0. The minimum atomic E-state index is 0.403. The van der Waals surface area contributed by atoms with Gasteiger partial charge in [0.05, 0.1) is 0 Å². The van der Waals surface area contributed by atoms with Gasteiger partial charge in [0, 0.05) is 5.92 Å². The Morgan fingerprint density at radius 2 is 2.57 bits per heavy atom. The molecule has 0 aromatic heterocycles. The zero-order chi connectivity index (χ0) is 5.28. The minimum absolute atomic E-state index is 0.403. The van der Waals surface area contributed by atoms with Gasteiger partial charge in [0.1, 0.15) is 0 Å². The van der Waals surface area contributed by atoms with Crippen molar-refractivity contribution in [1.29, 1.82) is 0 Å². The predicted octanol–water partition coefficient (Wildman–Crippen LogP) is 1.59. The van der Waals surface area contributed by atoms with Gasteiger partial charge in [-0.1, -0.05) is 17.6 Å². The Morgan fingerprint density at radius 3 is 2.71 bits per heavy atom. The Kier molecular flexibility index (Phi) is 0.906. The van der Waals surface area contributed by atoms with Crippen LogP contribution in [-0.2, 0) is 0 Å². The van der Waals surface area contributed by atoms with E-state index in [4.69, 9.17) is 6.42 Å². The fourth-order valence-electron chi connectivity index (χ4n) is 0.520. The SMILES string of the molecule is C#CC(C)C1=CC1. The normalized spacial score (nSPS) is 19.7. The van der Waals surface area contributed by atoms with Gasteiger partial charge in [-0.25, -0.2) is 0 Å². The largest absolute Gasteiger partial charge is 0.119 e. The third-order valence-corrected chi connectivity index (χ3v) is 1.25. The monoisotopic (exact) mass is 92.1 g/mol. The number of terminal acetylenes is 1. The lowest BCUT2D eigenvalue weighted by Gasteiger charge is -1.90. The molecule has 1 rings (SSSR count). The molecule has 0 heterocycles. The summed E-state index contributed by atoms with van der Waals surface area (Å²) in [6, 6.07) is 0. The van der Waals surface area contributed by atoms with E-state index < -0.39 is 0 Å². The topological polar surface area (TPSA) is 0 Å². The highest BCUT2D eigenvalue weighted by molar-refractivity contribution is 5.29. The van der Waals surface area contributed by atoms with Gasteiger partial charge in [0.2, 0.25) is 0 Å². The maximum absolute atomic E-state index is 5.12. The van der Waals surface area contributed by atoms with Gasteiger partial charge in [0.25, 0.3) is 0 Å². The first-order valence-electron chi connectivity index (χ1n) is 2.49. The lowest BCUT2D eigenvalue weighted by atomic mass is 10.1. The molecule has 0 N–H and O–H groups in total. The number of rotatable bonds is 1. The molecule has 1 unspecified atom stereocenters. The summed E-state index contributed by atoms with van der Waals surface area (Å²) in [6.45, 7) is 2.05. The highest BCUT2D eigenvalue weighted by Gasteiger charge is 2.11. The summed E-state index contributed by atoms with van der Waals surface area (Å²) in [5.74, 6) is 3.06. The number of hydrogen-bond donors (Lipinski definition) is 0. The summed E-state index contributed by atoms with van der Waals surface area (Å²) in [6.07, 6.45) is 8.45. The quantitative estimate of drug-likeness (QED) is 0.340. The molecule has 0 radical (unpaired) electrons. The van der Waals surface area contributed by atoms with Crippen LogP contribution in [-0.4, -0.2) is 0 Å². The Labute approximate surface area is 44.2 Å². The lowest BCUT2D eigenvalue weighted by Crippen LogP contribution is -1.82. The minimum Gasteiger partial charge on any atom is -0.119 e. The fourth-order valence-corrected chi connectivity index (χ4v) is 0.520. The fraction of sp³-hybridized carbons (Fsp3) is 0.429. The van der Waals surface area contributed by atoms with Crippen LogP contribution in [0.4, 0.5) is 0 Å². The van der Waals surface area contributed by atoms with Crippen LogP contribution in [0.1, 0.15) is 13.3 Å². The van der Waals surface area contributed by atoms with Crippen molar-refractivity contribution in [3.63, 3.8) is 0 Å². The molecule has 0 amide bonds. The van der Waals surface area contributed by atoms with Crippen molar-refractivity contribution in [1.82, 2.24) is 0 Å². The van der Waals surface area contributed by atoms with Gasteiger partial charge in [-0.15, -0.1) is 6.42 Å². The van der Waals surface area contributed by atoms with Gasteiger partial charge in [0.15, 0.2) is 0 Å². The van der Waals surface area contributed by atoms with Crippen LogP contribution in [0.25, 0.3) is 0 Å².